The standard InChI is InChI=1S/C13H15Cl2NO2/c1-8(18-7-9-2-3-9)13(17)16-12-5-4-10(14)6-11(12)15/h4-6,8-9H,2-3,7H2,1H3,(H,16,17). The predicted octanol–water partition coefficient (Wildman–Crippen LogP) is 3.75. The van der Waals surface area contributed by atoms with Crippen molar-refractivity contribution in [2.45, 2.75) is 25.9 Å². The molecule has 0 aliphatic heterocycles. The van der Waals surface area contributed by atoms with Crippen LogP contribution in [0.2, 0.25) is 10.0 Å². The van der Waals surface area contributed by atoms with Gasteiger partial charge in [-0.2, -0.15) is 0 Å². The van der Waals surface area contributed by atoms with Crippen molar-refractivity contribution in [2.24, 2.45) is 5.92 Å². The molecule has 5 heteroatoms. The van der Waals surface area contributed by atoms with Crippen LogP contribution in [0.3, 0.4) is 0 Å². The second-order valence-electron chi connectivity index (χ2n) is 4.53. The summed E-state index contributed by atoms with van der Waals surface area (Å²) in [6, 6.07) is 4.95. The third-order valence-electron chi connectivity index (χ3n) is 2.84. The molecule has 1 amide bonds. The van der Waals surface area contributed by atoms with Gasteiger partial charge in [0.15, 0.2) is 0 Å². The van der Waals surface area contributed by atoms with Crippen LogP contribution in [0.5, 0.6) is 0 Å². The van der Waals surface area contributed by atoms with Crippen LogP contribution in [0.25, 0.3) is 0 Å². The highest BCUT2D eigenvalue weighted by molar-refractivity contribution is 6.36. The van der Waals surface area contributed by atoms with Crippen molar-refractivity contribution >= 4 is 34.8 Å². The van der Waals surface area contributed by atoms with Crippen LogP contribution < -0.4 is 5.32 Å². The van der Waals surface area contributed by atoms with E-state index in [1.54, 1.807) is 25.1 Å². The molecule has 18 heavy (non-hydrogen) atoms. The Morgan fingerprint density at radius 2 is 2.22 bits per heavy atom. The third kappa shape index (κ3) is 3.87. The van der Waals surface area contributed by atoms with E-state index in [-0.39, 0.29) is 5.91 Å². The molecular formula is C13H15Cl2NO2. The molecule has 0 radical (unpaired) electrons. The molecule has 2 rings (SSSR count). The minimum Gasteiger partial charge on any atom is -0.368 e. The fraction of sp³-hybridized carbons (Fsp3) is 0.462. The molecule has 3 nitrogen and oxygen atoms in total. The van der Waals surface area contributed by atoms with Crippen molar-refractivity contribution in [1.82, 2.24) is 0 Å². The Bertz CT molecular complexity index is 447. The number of rotatable bonds is 5. The number of carbonyl (C=O) groups excluding carboxylic acids is 1. The Morgan fingerprint density at radius 3 is 2.83 bits per heavy atom. The summed E-state index contributed by atoms with van der Waals surface area (Å²) in [5.74, 6) is 0.444. The summed E-state index contributed by atoms with van der Waals surface area (Å²) in [5, 5.41) is 3.69. The van der Waals surface area contributed by atoms with Crippen molar-refractivity contribution in [2.75, 3.05) is 11.9 Å². The molecule has 1 aromatic rings. The van der Waals surface area contributed by atoms with Crippen molar-refractivity contribution < 1.29 is 9.53 Å². The maximum Gasteiger partial charge on any atom is 0.253 e. The second-order valence-corrected chi connectivity index (χ2v) is 5.38. The van der Waals surface area contributed by atoms with Gasteiger partial charge in [-0.05, 0) is 43.9 Å². The first-order valence-corrected chi connectivity index (χ1v) is 6.69. The molecule has 1 aliphatic rings. The number of amides is 1. The number of halogens is 2. The fourth-order valence-corrected chi connectivity index (χ4v) is 1.92. The SMILES string of the molecule is CC(OCC1CC1)C(=O)Nc1ccc(Cl)cc1Cl. The Morgan fingerprint density at radius 1 is 1.50 bits per heavy atom. The summed E-state index contributed by atoms with van der Waals surface area (Å²) in [5.41, 5.74) is 0.549. The van der Waals surface area contributed by atoms with Gasteiger partial charge in [-0.15, -0.1) is 0 Å². The van der Waals surface area contributed by atoms with Crippen molar-refractivity contribution in [3.63, 3.8) is 0 Å². The molecule has 1 fully saturated rings. The van der Waals surface area contributed by atoms with Gasteiger partial charge >= 0.3 is 0 Å². The summed E-state index contributed by atoms with van der Waals surface area (Å²) in [4.78, 5) is 11.9. The van der Waals surface area contributed by atoms with Crippen LogP contribution in [-0.2, 0) is 9.53 Å². The van der Waals surface area contributed by atoms with Crippen molar-refractivity contribution in [3.05, 3.63) is 28.2 Å². The molecule has 0 aromatic heterocycles. The molecule has 0 heterocycles. The van der Waals surface area contributed by atoms with E-state index in [0.717, 1.165) is 0 Å². The summed E-state index contributed by atoms with van der Waals surface area (Å²) in [6.45, 7) is 2.39. The van der Waals surface area contributed by atoms with Gasteiger partial charge in [0.25, 0.3) is 5.91 Å². The highest BCUT2D eigenvalue weighted by Gasteiger charge is 2.24. The average molecular weight is 288 g/mol. The van der Waals surface area contributed by atoms with Crippen LogP contribution >= 0.6 is 23.2 Å². The van der Waals surface area contributed by atoms with Gasteiger partial charge < -0.3 is 10.1 Å². The summed E-state index contributed by atoms with van der Waals surface area (Å²) < 4.78 is 5.48. The molecule has 0 spiro atoms. The molecule has 1 unspecified atom stereocenters. The van der Waals surface area contributed by atoms with Crippen LogP contribution in [0.1, 0.15) is 19.8 Å². The van der Waals surface area contributed by atoms with Crippen molar-refractivity contribution in [3.8, 4) is 0 Å². The molecule has 1 aliphatic carbocycles. The molecule has 1 N–H and O–H groups in total. The van der Waals surface area contributed by atoms with E-state index >= 15 is 0 Å². The fourth-order valence-electron chi connectivity index (χ4n) is 1.47. The van der Waals surface area contributed by atoms with Gasteiger partial charge in [0.1, 0.15) is 6.10 Å². The zero-order chi connectivity index (χ0) is 13.1. The van der Waals surface area contributed by atoms with Gasteiger partial charge in [0.2, 0.25) is 0 Å². The smallest absolute Gasteiger partial charge is 0.253 e. The Balaban J connectivity index is 1.88. The first-order chi connectivity index (χ1) is 8.56. The minimum absolute atomic E-state index is 0.195. The van der Waals surface area contributed by atoms with E-state index in [1.165, 1.54) is 12.8 Å². The Labute approximate surface area is 116 Å². The number of benzene rings is 1. The quantitative estimate of drug-likeness (QED) is 0.896. The van der Waals surface area contributed by atoms with Crippen LogP contribution in [0.15, 0.2) is 18.2 Å². The van der Waals surface area contributed by atoms with Gasteiger partial charge in [-0.25, -0.2) is 0 Å². The van der Waals surface area contributed by atoms with E-state index in [2.05, 4.69) is 5.32 Å². The largest absolute Gasteiger partial charge is 0.368 e. The van der Waals surface area contributed by atoms with Crippen LogP contribution in [0.4, 0.5) is 5.69 Å². The maximum absolute atomic E-state index is 11.9. The third-order valence-corrected chi connectivity index (χ3v) is 3.38. The van der Waals surface area contributed by atoms with Gasteiger partial charge in [-0.1, -0.05) is 23.2 Å². The monoisotopic (exact) mass is 287 g/mol. The van der Waals surface area contributed by atoms with E-state index < -0.39 is 6.10 Å². The number of ether oxygens (including phenoxy) is 1. The van der Waals surface area contributed by atoms with Crippen LogP contribution in [-0.4, -0.2) is 18.6 Å². The van der Waals surface area contributed by atoms with Gasteiger partial charge in [0, 0.05) is 5.02 Å². The zero-order valence-corrected chi connectivity index (χ0v) is 11.6. The summed E-state index contributed by atoms with van der Waals surface area (Å²) in [7, 11) is 0. The van der Waals surface area contributed by atoms with Crippen molar-refractivity contribution in [1.29, 1.82) is 0 Å². The lowest BCUT2D eigenvalue weighted by Crippen LogP contribution is -2.28. The lowest BCUT2D eigenvalue weighted by Gasteiger charge is -2.14. The minimum atomic E-state index is -0.475. The topological polar surface area (TPSA) is 38.3 Å². The normalized spacial score (nSPS) is 16.4. The number of hydrogen-bond acceptors (Lipinski definition) is 2. The van der Waals surface area contributed by atoms with E-state index in [4.69, 9.17) is 27.9 Å². The molecule has 1 saturated carbocycles. The average Bonchev–Trinajstić information content (AvgIpc) is 3.13. The first kappa shape index (κ1) is 13.7. The molecule has 0 bridgehead atoms. The van der Waals surface area contributed by atoms with E-state index in [1.807, 2.05) is 0 Å². The Hall–Kier alpha value is -0.770. The number of nitrogens with one attached hydrogen (secondary N) is 1. The maximum atomic E-state index is 11.9. The molecular weight excluding hydrogens is 273 g/mol. The molecule has 98 valence electrons. The number of carbonyl (C=O) groups is 1. The Kier molecular flexibility index (Phi) is 4.49. The second kappa shape index (κ2) is 5.91. The van der Waals surface area contributed by atoms with Crippen LogP contribution in [0, 0.1) is 5.92 Å². The van der Waals surface area contributed by atoms with Gasteiger partial charge in [0.05, 0.1) is 17.3 Å². The lowest BCUT2D eigenvalue weighted by atomic mass is 10.3. The number of anilines is 1. The van der Waals surface area contributed by atoms with E-state index in [9.17, 15) is 4.79 Å². The molecule has 1 atom stereocenters. The predicted molar refractivity (Wildman–Crippen MR) is 73.2 cm³/mol. The lowest BCUT2D eigenvalue weighted by molar-refractivity contribution is -0.126. The highest BCUT2D eigenvalue weighted by Crippen LogP contribution is 2.29. The number of hydrogen-bond donors (Lipinski definition) is 1. The highest BCUT2D eigenvalue weighted by atomic mass is 35.5. The zero-order valence-electron chi connectivity index (χ0n) is 10.1. The molecule has 0 saturated heterocycles. The van der Waals surface area contributed by atoms with Gasteiger partial charge in [-0.3, -0.25) is 4.79 Å². The summed E-state index contributed by atoms with van der Waals surface area (Å²) in [6.07, 6.45) is 1.94. The summed E-state index contributed by atoms with van der Waals surface area (Å²) >= 11 is 11.8. The molecule has 1 aromatic carbocycles. The van der Waals surface area contributed by atoms with E-state index in [0.29, 0.717) is 28.3 Å². The first-order valence-electron chi connectivity index (χ1n) is 5.94.